The van der Waals surface area contributed by atoms with Crippen LogP contribution in [0.5, 0.6) is 0 Å². The number of anilines is 1. The van der Waals surface area contributed by atoms with E-state index in [-0.39, 0.29) is 17.1 Å². The van der Waals surface area contributed by atoms with Crippen molar-refractivity contribution in [2.24, 2.45) is 0 Å². The van der Waals surface area contributed by atoms with Gasteiger partial charge in [-0.15, -0.1) is 0 Å². The second kappa shape index (κ2) is 7.62. The zero-order valence-corrected chi connectivity index (χ0v) is 8.10. The fourth-order valence-corrected chi connectivity index (χ4v) is 0.769. The molecule has 2 nitrogen and oxygen atoms in total. The van der Waals surface area contributed by atoms with Crippen molar-refractivity contribution in [2.75, 3.05) is 5.48 Å². The van der Waals surface area contributed by atoms with Gasteiger partial charge in [-0.2, -0.15) is 30.3 Å². The molecule has 0 spiro atoms. The predicted molar refractivity (Wildman–Crippen MR) is 49.5 cm³/mol. The molecule has 2 rings (SSSR count). The summed E-state index contributed by atoms with van der Waals surface area (Å²) < 4.78 is 0. The third kappa shape index (κ3) is 5.25. The molecule has 0 fully saturated rings. The van der Waals surface area contributed by atoms with Crippen molar-refractivity contribution in [3.05, 3.63) is 54.6 Å². The van der Waals surface area contributed by atoms with Crippen molar-refractivity contribution in [1.82, 2.24) is 0 Å². The van der Waals surface area contributed by atoms with Gasteiger partial charge < -0.3 is 10.7 Å². The Kier molecular flexibility index (Phi) is 7.02. The maximum absolute atomic E-state index is 8.18. The Labute approximate surface area is 88.4 Å². The first-order valence-electron chi connectivity index (χ1n) is 3.72. The first-order valence-corrected chi connectivity index (χ1v) is 3.72. The summed E-state index contributed by atoms with van der Waals surface area (Å²) in [6, 6.07) is 17.2. The molecule has 0 unspecified atom stereocenters. The van der Waals surface area contributed by atoms with E-state index in [9.17, 15) is 0 Å². The molecule has 0 amide bonds. The molecule has 0 aliphatic rings. The summed E-state index contributed by atoms with van der Waals surface area (Å²) >= 11 is 0. The first kappa shape index (κ1) is 12.0. The molecule has 0 aliphatic carbocycles. The van der Waals surface area contributed by atoms with E-state index in [2.05, 4.69) is 0 Å². The van der Waals surface area contributed by atoms with Crippen LogP contribution in [-0.2, 0) is 17.1 Å². The van der Waals surface area contributed by atoms with Gasteiger partial charge in [-0.1, -0.05) is 5.69 Å². The van der Waals surface area contributed by atoms with Gasteiger partial charge in [0.05, 0.1) is 0 Å². The molecule has 13 heavy (non-hydrogen) atoms. The van der Waals surface area contributed by atoms with Crippen molar-refractivity contribution >= 4 is 5.69 Å². The van der Waals surface area contributed by atoms with E-state index in [0.717, 1.165) is 5.69 Å². The molecule has 2 N–H and O–H groups in total. The van der Waals surface area contributed by atoms with Crippen molar-refractivity contribution < 1.29 is 22.3 Å². The quantitative estimate of drug-likeness (QED) is 0.437. The van der Waals surface area contributed by atoms with Gasteiger partial charge in [0, 0.05) is 0 Å². The van der Waals surface area contributed by atoms with Gasteiger partial charge in [0.1, 0.15) is 0 Å². The monoisotopic (exact) mass is 217 g/mol. The smallest absolute Gasteiger partial charge is 0.324 e. The fraction of sp³-hybridized carbons (Fsp3) is 0. The minimum absolute atomic E-state index is 0. The van der Waals surface area contributed by atoms with Gasteiger partial charge in [-0.05, 0) is 0 Å². The molecule has 70 valence electrons. The van der Waals surface area contributed by atoms with Crippen LogP contribution in [-0.4, -0.2) is 5.21 Å². The molecule has 0 aliphatic heterocycles. The van der Waals surface area contributed by atoms with E-state index < -0.39 is 0 Å². The van der Waals surface area contributed by atoms with Crippen molar-refractivity contribution in [2.45, 2.75) is 0 Å². The molecule has 0 atom stereocenters. The number of hydrogen-bond donors (Lipinski definition) is 2. The second-order valence-corrected chi connectivity index (χ2v) is 2.25. The van der Waals surface area contributed by atoms with E-state index >= 15 is 0 Å². The normalized spacial score (nSPS) is 7.77. The van der Waals surface area contributed by atoms with Crippen LogP contribution in [0.4, 0.5) is 5.69 Å². The zero-order chi connectivity index (χ0) is 8.65. The van der Waals surface area contributed by atoms with Crippen LogP contribution in [0, 0.1) is 0 Å². The molecule has 0 aromatic heterocycles. The minimum atomic E-state index is 0. The summed E-state index contributed by atoms with van der Waals surface area (Å²) in [7, 11) is 0. The average molecular weight is 217 g/mol. The number of rotatable bonds is 1. The largest absolute Gasteiger partial charge is 2.00 e. The second-order valence-electron chi connectivity index (χ2n) is 2.25. The Morgan fingerprint density at radius 2 is 1.54 bits per heavy atom. The molecule has 0 heterocycles. The first-order chi connectivity index (χ1) is 5.93. The summed E-state index contributed by atoms with van der Waals surface area (Å²) in [5.74, 6) is 0. The maximum atomic E-state index is 8.18. The standard InChI is InChI=1S/C5H6NO.C5H5.Fe/c7-6-5-3-1-2-4-5;1-2-4-5-3-1;/h1-4,6-7H;1-5H;/q2*-1;+2. The van der Waals surface area contributed by atoms with Crippen LogP contribution in [0.25, 0.3) is 0 Å². The van der Waals surface area contributed by atoms with E-state index in [4.69, 9.17) is 5.21 Å². The molecule has 2 aromatic carbocycles. The number of nitrogens with one attached hydrogen (secondary N) is 1. The van der Waals surface area contributed by atoms with Gasteiger partial charge in [-0.25, -0.2) is 24.3 Å². The summed E-state index contributed by atoms with van der Waals surface area (Å²) in [6.45, 7) is 0. The van der Waals surface area contributed by atoms with E-state index in [1.807, 2.05) is 47.9 Å². The van der Waals surface area contributed by atoms with Crippen molar-refractivity contribution in [3.8, 4) is 0 Å². The number of hydrogen-bond acceptors (Lipinski definition) is 2. The van der Waals surface area contributed by atoms with Crippen LogP contribution in [0.1, 0.15) is 0 Å². The van der Waals surface area contributed by atoms with Crippen LogP contribution in [0.2, 0.25) is 0 Å². The summed E-state index contributed by atoms with van der Waals surface area (Å²) in [4.78, 5) is 0. The van der Waals surface area contributed by atoms with Crippen LogP contribution < -0.4 is 5.48 Å². The molecular weight excluding hydrogens is 206 g/mol. The van der Waals surface area contributed by atoms with Crippen LogP contribution in [0.3, 0.4) is 0 Å². The minimum Gasteiger partial charge on any atom is -0.324 e. The molecular formula is C10H11FeNO. The predicted octanol–water partition coefficient (Wildman–Crippen LogP) is 2.61. The Bertz CT molecular complexity index is 246. The molecule has 2 aromatic rings. The van der Waals surface area contributed by atoms with Gasteiger partial charge in [0.25, 0.3) is 0 Å². The molecule has 0 saturated heterocycles. The summed E-state index contributed by atoms with van der Waals surface area (Å²) in [6.07, 6.45) is 0. The van der Waals surface area contributed by atoms with Crippen LogP contribution in [0.15, 0.2) is 54.6 Å². The Hall–Kier alpha value is -1.02. The van der Waals surface area contributed by atoms with Gasteiger partial charge in [0.2, 0.25) is 0 Å². The third-order valence-corrected chi connectivity index (χ3v) is 1.35. The summed E-state index contributed by atoms with van der Waals surface area (Å²) in [5.41, 5.74) is 2.74. The Balaban J connectivity index is 0.000000215. The molecule has 0 saturated carbocycles. The Morgan fingerprint density at radius 1 is 1.00 bits per heavy atom. The van der Waals surface area contributed by atoms with E-state index in [1.54, 1.807) is 12.1 Å². The molecule has 0 radical (unpaired) electrons. The SMILES string of the molecule is ON[c-]1cccc1.[Fe+2].c1cc[cH-]c1. The Morgan fingerprint density at radius 3 is 1.77 bits per heavy atom. The third-order valence-electron chi connectivity index (χ3n) is 1.35. The molecule has 3 heteroatoms. The maximum Gasteiger partial charge on any atom is 2.00 e. The summed E-state index contributed by atoms with van der Waals surface area (Å²) in [5, 5.41) is 8.18. The van der Waals surface area contributed by atoms with Gasteiger partial charge in [-0.3, -0.25) is 0 Å². The van der Waals surface area contributed by atoms with E-state index in [0.29, 0.717) is 0 Å². The van der Waals surface area contributed by atoms with Gasteiger partial charge in [0.15, 0.2) is 0 Å². The van der Waals surface area contributed by atoms with Crippen molar-refractivity contribution in [1.29, 1.82) is 0 Å². The van der Waals surface area contributed by atoms with Gasteiger partial charge >= 0.3 is 17.1 Å². The van der Waals surface area contributed by atoms with Crippen LogP contribution >= 0.6 is 0 Å². The average Bonchev–Trinajstić information content (AvgIpc) is 2.81. The zero-order valence-electron chi connectivity index (χ0n) is 7.00. The molecule has 0 bridgehead atoms. The van der Waals surface area contributed by atoms with E-state index in [1.165, 1.54) is 0 Å². The topological polar surface area (TPSA) is 32.3 Å². The van der Waals surface area contributed by atoms with Crippen molar-refractivity contribution in [3.63, 3.8) is 0 Å². The fourth-order valence-electron chi connectivity index (χ4n) is 0.769.